The van der Waals surface area contributed by atoms with Crippen LogP contribution in [0.5, 0.6) is 0 Å². The molecule has 0 aliphatic carbocycles. The van der Waals surface area contributed by atoms with E-state index in [2.05, 4.69) is 30.8 Å². The topological polar surface area (TPSA) is 29.5 Å². The molecule has 1 rings (SSSR count). The van der Waals surface area contributed by atoms with Crippen molar-refractivity contribution in [2.24, 2.45) is 0 Å². The normalized spacial score (nSPS) is 11.0. The van der Waals surface area contributed by atoms with Crippen molar-refractivity contribution in [2.75, 3.05) is 13.1 Å². The minimum atomic E-state index is -0.401. The summed E-state index contributed by atoms with van der Waals surface area (Å²) in [5.74, 6) is 2.16. The molecule has 0 amide bonds. The number of benzene rings is 1. The summed E-state index contributed by atoms with van der Waals surface area (Å²) in [5, 5.41) is 0. The molecule has 0 heterocycles. The number of hydrogen-bond donors (Lipinski definition) is 0. The van der Waals surface area contributed by atoms with Crippen molar-refractivity contribution in [3.05, 3.63) is 59.8 Å². The highest BCUT2D eigenvalue weighted by atomic mass is 16.5. The summed E-state index contributed by atoms with van der Waals surface area (Å²) < 4.78 is 4.92. The van der Waals surface area contributed by atoms with Gasteiger partial charge in [-0.1, -0.05) is 36.3 Å². The zero-order valence-electron chi connectivity index (χ0n) is 13.5. The summed E-state index contributed by atoms with van der Waals surface area (Å²) in [5.41, 5.74) is 1.64. The van der Waals surface area contributed by atoms with Crippen LogP contribution in [0.3, 0.4) is 0 Å². The van der Waals surface area contributed by atoms with E-state index < -0.39 is 5.97 Å². The Labute approximate surface area is 133 Å². The second kappa shape index (κ2) is 10.3. The molecule has 3 nitrogen and oxygen atoms in total. The predicted octanol–water partition coefficient (Wildman–Crippen LogP) is 3.54. The van der Waals surface area contributed by atoms with Crippen LogP contribution >= 0.6 is 0 Å². The van der Waals surface area contributed by atoms with Crippen molar-refractivity contribution < 1.29 is 9.53 Å². The van der Waals surface area contributed by atoms with Crippen molar-refractivity contribution in [1.82, 2.24) is 4.90 Å². The van der Waals surface area contributed by atoms with Gasteiger partial charge in [0.1, 0.15) is 6.11 Å². The van der Waals surface area contributed by atoms with E-state index in [1.54, 1.807) is 13.0 Å². The van der Waals surface area contributed by atoms with E-state index in [4.69, 9.17) is 4.74 Å². The molecule has 0 spiro atoms. The molecular weight excluding hydrogens is 274 g/mol. The van der Waals surface area contributed by atoms with E-state index in [9.17, 15) is 4.79 Å². The van der Waals surface area contributed by atoms with Gasteiger partial charge in [0.25, 0.3) is 0 Å². The van der Waals surface area contributed by atoms with Crippen LogP contribution < -0.4 is 0 Å². The highest BCUT2D eigenvalue weighted by Gasteiger charge is 2.10. The third-order valence-corrected chi connectivity index (χ3v) is 3.15. The minimum Gasteiger partial charge on any atom is -0.378 e. The maximum atomic E-state index is 12.1. The lowest BCUT2D eigenvalue weighted by Crippen LogP contribution is -2.15. The Hall–Kier alpha value is -2.47. The summed E-state index contributed by atoms with van der Waals surface area (Å²) in [7, 11) is 0. The van der Waals surface area contributed by atoms with Crippen molar-refractivity contribution >= 4 is 5.97 Å². The Morgan fingerprint density at radius 1 is 1.23 bits per heavy atom. The average Bonchev–Trinajstić information content (AvgIpc) is 2.56. The fourth-order valence-corrected chi connectivity index (χ4v) is 1.89. The van der Waals surface area contributed by atoms with E-state index in [0.717, 1.165) is 18.7 Å². The second-order valence-electron chi connectivity index (χ2n) is 4.66. The van der Waals surface area contributed by atoms with Gasteiger partial charge in [0.15, 0.2) is 0 Å². The SMILES string of the molecule is CC#COC(=O)/C(=C/C=C/N(CC)CC)Cc1ccccc1. The predicted molar refractivity (Wildman–Crippen MR) is 89.8 cm³/mol. The largest absolute Gasteiger partial charge is 0.378 e. The molecule has 116 valence electrons. The minimum absolute atomic E-state index is 0.401. The number of esters is 1. The molecule has 0 aromatic heterocycles. The Kier molecular flexibility index (Phi) is 8.22. The first-order valence-electron chi connectivity index (χ1n) is 7.49. The van der Waals surface area contributed by atoms with Gasteiger partial charge in [-0.15, -0.1) is 0 Å². The molecule has 0 fully saturated rings. The highest BCUT2D eigenvalue weighted by molar-refractivity contribution is 5.90. The molecule has 0 aliphatic rings. The van der Waals surface area contributed by atoms with Crippen LogP contribution in [-0.2, 0) is 16.0 Å². The number of hydrogen-bond acceptors (Lipinski definition) is 3. The average molecular weight is 297 g/mol. The lowest BCUT2D eigenvalue weighted by Gasteiger charge is -2.14. The Bertz CT molecular complexity index is 572. The van der Waals surface area contributed by atoms with E-state index >= 15 is 0 Å². The summed E-state index contributed by atoms with van der Waals surface area (Å²) in [6, 6.07) is 9.83. The van der Waals surface area contributed by atoms with Gasteiger partial charge in [-0.25, -0.2) is 4.79 Å². The van der Waals surface area contributed by atoms with Gasteiger partial charge in [-0.05, 0) is 37.8 Å². The number of rotatable bonds is 7. The second-order valence-corrected chi connectivity index (χ2v) is 4.66. The molecule has 1 aromatic carbocycles. The van der Waals surface area contributed by atoms with Gasteiger partial charge in [0, 0.05) is 32.0 Å². The molecule has 0 aliphatic heterocycles. The van der Waals surface area contributed by atoms with Crippen LogP contribution in [0, 0.1) is 12.0 Å². The maximum absolute atomic E-state index is 12.1. The van der Waals surface area contributed by atoms with E-state index in [1.807, 2.05) is 42.6 Å². The summed E-state index contributed by atoms with van der Waals surface area (Å²) in [6.07, 6.45) is 8.54. The van der Waals surface area contributed by atoms with Crippen LogP contribution in [0.1, 0.15) is 26.3 Å². The highest BCUT2D eigenvalue weighted by Crippen LogP contribution is 2.10. The Balaban J connectivity index is 2.89. The van der Waals surface area contributed by atoms with Crippen molar-refractivity contribution in [3.63, 3.8) is 0 Å². The van der Waals surface area contributed by atoms with Gasteiger partial charge in [0.2, 0.25) is 0 Å². The molecule has 0 atom stereocenters. The number of allylic oxidation sites excluding steroid dienone is 2. The fraction of sp³-hybridized carbons (Fsp3) is 0.316. The zero-order valence-corrected chi connectivity index (χ0v) is 13.5. The summed E-state index contributed by atoms with van der Waals surface area (Å²) in [6.45, 7) is 7.68. The van der Waals surface area contributed by atoms with Crippen LogP contribution in [0.4, 0.5) is 0 Å². The number of ether oxygens (including phenoxy) is 1. The quantitative estimate of drug-likeness (QED) is 0.334. The van der Waals surface area contributed by atoms with Gasteiger partial charge >= 0.3 is 5.97 Å². The summed E-state index contributed by atoms with van der Waals surface area (Å²) in [4.78, 5) is 14.2. The molecule has 3 heteroatoms. The monoisotopic (exact) mass is 297 g/mol. The van der Waals surface area contributed by atoms with Gasteiger partial charge in [0.05, 0.1) is 0 Å². The zero-order chi connectivity index (χ0) is 16.2. The fourth-order valence-electron chi connectivity index (χ4n) is 1.89. The summed E-state index contributed by atoms with van der Waals surface area (Å²) >= 11 is 0. The number of nitrogens with zero attached hydrogens (tertiary/aromatic N) is 1. The van der Waals surface area contributed by atoms with Gasteiger partial charge in [-0.3, -0.25) is 0 Å². The smallest absolute Gasteiger partial charge is 0.348 e. The molecule has 0 N–H and O–H groups in total. The number of carbonyl (C=O) groups excluding carboxylic acids is 1. The first-order chi connectivity index (χ1) is 10.7. The van der Waals surface area contributed by atoms with Crippen LogP contribution in [0.15, 0.2) is 54.3 Å². The number of carbonyl (C=O) groups is 1. The van der Waals surface area contributed by atoms with Crippen molar-refractivity contribution in [2.45, 2.75) is 27.2 Å². The Morgan fingerprint density at radius 3 is 2.50 bits per heavy atom. The third kappa shape index (κ3) is 6.32. The standard InChI is InChI=1S/C19H23NO2/c1-4-15-22-19(21)18(13-10-14-20(5-2)6-3)16-17-11-8-7-9-12-17/h7-14H,5-6,16H2,1-3H3/b14-10+,18-13+. The third-order valence-electron chi connectivity index (χ3n) is 3.15. The maximum Gasteiger partial charge on any atom is 0.348 e. The van der Waals surface area contributed by atoms with E-state index in [1.165, 1.54) is 0 Å². The lowest BCUT2D eigenvalue weighted by atomic mass is 10.1. The van der Waals surface area contributed by atoms with E-state index in [-0.39, 0.29) is 0 Å². The first-order valence-corrected chi connectivity index (χ1v) is 7.49. The molecule has 0 saturated carbocycles. The molecular formula is C19H23NO2. The molecule has 1 aromatic rings. The molecule has 22 heavy (non-hydrogen) atoms. The molecule has 0 saturated heterocycles. The molecule has 0 unspecified atom stereocenters. The van der Waals surface area contributed by atoms with Crippen LogP contribution in [-0.4, -0.2) is 24.0 Å². The first kappa shape index (κ1) is 17.6. The molecule has 0 bridgehead atoms. The van der Waals surface area contributed by atoms with E-state index in [0.29, 0.717) is 12.0 Å². The van der Waals surface area contributed by atoms with Crippen molar-refractivity contribution in [1.29, 1.82) is 0 Å². The van der Waals surface area contributed by atoms with Gasteiger partial charge < -0.3 is 9.64 Å². The van der Waals surface area contributed by atoms with Gasteiger partial charge in [-0.2, -0.15) is 0 Å². The van der Waals surface area contributed by atoms with Crippen molar-refractivity contribution in [3.8, 4) is 12.0 Å². The van der Waals surface area contributed by atoms with Crippen LogP contribution in [0.25, 0.3) is 0 Å². The Morgan fingerprint density at radius 2 is 1.91 bits per heavy atom. The van der Waals surface area contributed by atoms with Crippen LogP contribution in [0.2, 0.25) is 0 Å². The lowest BCUT2D eigenvalue weighted by molar-refractivity contribution is -0.132. The molecule has 0 radical (unpaired) electrons.